The van der Waals surface area contributed by atoms with Crippen molar-refractivity contribution in [2.24, 2.45) is 0 Å². The summed E-state index contributed by atoms with van der Waals surface area (Å²) in [5.74, 6) is -0.167. The molecule has 0 fully saturated rings. The van der Waals surface area contributed by atoms with Crippen molar-refractivity contribution in [3.8, 4) is 11.3 Å². The summed E-state index contributed by atoms with van der Waals surface area (Å²) < 4.78 is 20.6. The smallest absolute Gasteiger partial charge is 0.287 e. The molecule has 0 N–H and O–H groups in total. The van der Waals surface area contributed by atoms with E-state index in [0.29, 0.717) is 22.4 Å². The highest BCUT2D eigenvalue weighted by molar-refractivity contribution is 5.79. The Morgan fingerprint density at radius 2 is 1.75 bits per heavy atom. The van der Waals surface area contributed by atoms with Crippen molar-refractivity contribution >= 4 is 10.9 Å². The summed E-state index contributed by atoms with van der Waals surface area (Å²) in [6.45, 7) is 0.146. The molecule has 5 heteroatoms. The predicted octanol–water partition coefficient (Wildman–Crippen LogP) is 3.84. The number of benzene rings is 2. The summed E-state index contributed by atoms with van der Waals surface area (Å²) in [5, 5.41) is 4.68. The van der Waals surface area contributed by atoms with Crippen molar-refractivity contribution in [3.63, 3.8) is 0 Å². The Morgan fingerprint density at radius 1 is 1.00 bits per heavy atom. The second-order valence-electron chi connectivity index (χ2n) is 5.49. The van der Waals surface area contributed by atoms with Crippen LogP contribution in [-0.4, -0.2) is 9.72 Å². The first-order valence-corrected chi connectivity index (χ1v) is 7.51. The van der Waals surface area contributed by atoms with E-state index in [-0.39, 0.29) is 6.54 Å². The second-order valence-corrected chi connectivity index (χ2v) is 5.49. The molecule has 0 saturated heterocycles. The Balaban J connectivity index is 1.77. The van der Waals surface area contributed by atoms with Gasteiger partial charge in [0.05, 0.1) is 12.1 Å². The molecule has 0 aliphatic heterocycles. The zero-order valence-corrected chi connectivity index (χ0v) is 12.6. The molecule has 118 valence electrons. The van der Waals surface area contributed by atoms with Gasteiger partial charge in [-0.2, -0.15) is 0 Å². The highest BCUT2D eigenvalue weighted by Gasteiger charge is 2.12. The van der Waals surface area contributed by atoms with Gasteiger partial charge in [-0.25, -0.2) is 4.39 Å². The third kappa shape index (κ3) is 2.50. The van der Waals surface area contributed by atoms with Crippen LogP contribution in [-0.2, 0) is 6.54 Å². The van der Waals surface area contributed by atoms with Gasteiger partial charge < -0.3 is 4.52 Å². The lowest BCUT2D eigenvalue weighted by atomic mass is 10.1. The molecule has 0 spiro atoms. The summed E-state index contributed by atoms with van der Waals surface area (Å²) in [6, 6.07) is 19.7. The first-order chi connectivity index (χ1) is 11.7. The quantitative estimate of drug-likeness (QED) is 0.576. The minimum Gasteiger partial charge on any atom is -0.356 e. The average molecular weight is 320 g/mol. The Hall–Kier alpha value is -3.21. The largest absolute Gasteiger partial charge is 0.356 e. The predicted molar refractivity (Wildman–Crippen MR) is 89.2 cm³/mol. The van der Waals surface area contributed by atoms with Crippen LogP contribution in [0.2, 0.25) is 0 Å². The lowest BCUT2D eigenvalue weighted by Gasteiger charge is -2.08. The third-order valence-electron chi connectivity index (χ3n) is 3.90. The van der Waals surface area contributed by atoms with Crippen LogP contribution in [0.25, 0.3) is 22.2 Å². The summed E-state index contributed by atoms with van der Waals surface area (Å²) in [6.07, 6.45) is 0. The fourth-order valence-electron chi connectivity index (χ4n) is 2.74. The van der Waals surface area contributed by atoms with Gasteiger partial charge >= 0.3 is 0 Å². The number of fused-ring (bicyclic) bond motifs is 1. The standard InChI is InChI=1S/C19H13FN2O2/c20-16-10-14-8-4-5-9-17(14)22(19(16)23)12-15-11-18(24-21-15)13-6-2-1-3-7-13/h1-11H,12H2. The molecule has 2 aromatic carbocycles. The lowest BCUT2D eigenvalue weighted by Crippen LogP contribution is -2.23. The maximum absolute atomic E-state index is 13.9. The minimum atomic E-state index is -0.777. The van der Waals surface area contributed by atoms with Crippen LogP contribution in [0.4, 0.5) is 4.39 Å². The maximum atomic E-state index is 13.9. The van der Waals surface area contributed by atoms with Crippen LogP contribution in [0, 0.1) is 5.82 Å². The molecule has 4 nitrogen and oxygen atoms in total. The van der Waals surface area contributed by atoms with E-state index in [1.165, 1.54) is 10.6 Å². The van der Waals surface area contributed by atoms with Gasteiger partial charge in [0.1, 0.15) is 5.69 Å². The van der Waals surface area contributed by atoms with E-state index < -0.39 is 11.4 Å². The van der Waals surface area contributed by atoms with E-state index in [4.69, 9.17) is 4.52 Å². The van der Waals surface area contributed by atoms with Crippen molar-refractivity contribution in [3.05, 3.63) is 88.6 Å². The minimum absolute atomic E-state index is 0.146. The van der Waals surface area contributed by atoms with Crippen molar-refractivity contribution in [2.45, 2.75) is 6.54 Å². The highest BCUT2D eigenvalue weighted by atomic mass is 19.1. The van der Waals surface area contributed by atoms with E-state index in [0.717, 1.165) is 5.56 Å². The van der Waals surface area contributed by atoms with Crippen molar-refractivity contribution in [1.82, 2.24) is 9.72 Å². The summed E-state index contributed by atoms with van der Waals surface area (Å²) in [4.78, 5) is 12.2. The molecule has 0 unspecified atom stereocenters. The number of para-hydroxylation sites is 1. The van der Waals surface area contributed by atoms with Gasteiger partial charge in [0.25, 0.3) is 5.56 Å². The van der Waals surface area contributed by atoms with Gasteiger partial charge in [-0.3, -0.25) is 9.36 Å². The van der Waals surface area contributed by atoms with Gasteiger partial charge in [-0.1, -0.05) is 53.7 Å². The summed E-state index contributed by atoms with van der Waals surface area (Å²) >= 11 is 0. The third-order valence-corrected chi connectivity index (χ3v) is 3.90. The van der Waals surface area contributed by atoms with Crippen LogP contribution in [0.1, 0.15) is 5.69 Å². The number of pyridine rings is 1. The van der Waals surface area contributed by atoms with E-state index in [1.54, 1.807) is 24.3 Å². The molecule has 4 aromatic rings. The fraction of sp³-hybridized carbons (Fsp3) is 0.0526. The average Bonchev–Trinajstić information content (AvgIpc) is 3.08. The summed E-state index contributed by atoms with van der Waals surface area (Å²) in [7, 11) is 0. The SMILES string of the molecule is O=c1c(F)cc2ccccc2n1Cc1cc(-c2ccccc2)on1. The van der Waals surface area contributed by atoms with Crippen molar-refractivity contribution in [2.75, 3.05) is 0 Å². The van der Waals surface area contributed by atoms with Crippen molar-refractivity contribution in [1.29, 1.82) is 0 Å². The van der Waals surface area contributed by atoms with E-state index in [1.807, 2.05) is 36.4 Å². The monoisotopic (exact) mass is 320 g/mol. The second kappa shape index (κ2) is 5.77. The molecule has 0 atom stereocenters. The van der Waals surface area contributed by atoms with E-state index >= 15 is 0 Å². The van der Waals surface area contributed by atoms with Gasteiger partial charge in [-0.15, -0.1) is 0 Å². The van der Waals surface area contributed by atoms with Crippen LogP contribution in [0.3, 0.4) is 0 Å². The molecule has 24 heavy (non-hydrogen) atoms. The highest BCUT2D eigenvalue weighted by Crippen LogP contribution is 2.21. The summed E-state index contributed by atoms with van der Waals surface area (Å²) in [5.41, 5.74) is 1.45. The fourth-order valence-corrected chi connectivity index (χ4v) is 2.74. The first-order valence-electron chi connectivity index (χ1n) is 7.51. The molecular formula is C19H13FN2O2. The molecule has 0 bridgehead atoms. The molecule has 2 heterocycles. The molecule has 0 aliphatic rings. The Bertz CT molecular complexity index is 1070. The number of nitrogens with zero attached hydrogens (tertiary/aromatic N) is 2. The molecule has 0 amide bonds. The number of aromatic nitrogens is 2. The van der Waals surface area contributed by atoms with Gasteiger partial charge in [-0.05, 0) is 12.1 Å². The molecule has 2 aromatic heterocycles. The van der Waals surface area contributed by atoms with Crippen LogP contribution < -0.4 is 5.56 Å². The Labute approximate surface area is 136 Å². The van der Waals surface area contributed by atoms with E-state index in [2.05, 4.69) is 5.16 Å². The Kier molecular flexibility index (Phi) is 3.46. The topological polar surface area (TPSA) is 48.0 Å². The molecule has 0 radical (unpaired) electrons. The zero-order valence-electron chi connectivity index (χ0n) is 12.6. The molecule has 0 saturated carbocycles. The maximum Gasteiger partial charge on any atom is 0.287 e. The lowest BCUT2D eigenvalue weighted by molar-refractivity contribution is 0.421. The van der Waals surface area contributed by atoms with E-state index in [9.17, 15) is 9.18 Å². The van der Waals surface area contributed by atoms with Crippen LogP contribution in [0.5, 0.6) is 0 Å². The first kappa shape index (κ1) is 14.4. The number of hydrogen-bond donors (Lipinski definition) is 0. The number of halogens is 1. The zero-order chi connectivity index (χ0) is 16.5. The Morgan fingerprint density at radius 3 is 2.58 bits per heavy atom. The van der Waals surface area contributed by atoms with Gasteiger partial charge in [0.2, 0.25) is 0 Å². The molecule has 0 aliphatic carbocycles. The van der Waals surface area contributed by atoms with Gasteiger partial charge in [0.15, 0.2) is 11.6 Å². The van der Waals surface area contributed by atoms with Crippen molar-refractivity contribution < 1.29 is 8.91 Å². The number of rotatable bonds is 3. The van der Waals surface area contributed by atoms with Crippen LogP contribution >= 0.6 is 0 Å². The normalized spacial score (nSPS) is 11.0. The number of hydrogen-bond acceptors (Lipinski definition) is 3. The van der Waals surface area contributed by atoms with Crippen LogP contribution in [0.15, 0.2) is 76.0 Å². The molecule has 4 rings (SSSR count). The van der Waals surface area contributed by atoms with Gasteiger partial charge in [0, 0.05) is 17.0 Å². The molecular weight excluding hydrogens is 307 g/mol.